The standard InChI is InChI=1S/C12H18BrNO2/c13-11-4-3-10(16-11)7-14-8-12(9-15)5-1-2-6-12/h3-4,14-15H,1-2,5-9H2. The lowest BCUT2D eigenvalue weighted by atomic mass is 9.87. The summed E-state index contributed by atoms with van der Waals surface area (Å²) in [5, 5.41) is 12.8. The molecule has 0 saturated heterocycles. The topological polar surface area (TPSA) is 45.4 Å². The lowest BCUT2D eigenvalue weighted by Crippen LogP contribution is -2.34. The van der Waals surface area contributed by atoms with Gasteiger partial charge in [0.25, 0.3) is 0 Å². The van der Waals surface area contributed by atoms with Gasteiger partial charge in [-0.15, -0.1) is 0 Å². The summed E-state index contributed by atoms with van der Waals surface area (Å²) in [7, 11) is 0. The van der Waals surface area contributed by atoms with Crippen LogP contribution in [0.25, 0.3) is 0 Å². The van der Waals surface area contributed by atoms with Crippen LogP contribution in [-0.4, -0.2) is 18.3 Å². The van der Waals surface area contributed by atoms with E-state index in [0.29, 0.717) is 6.61 Å². The number of hydrogen-bond acceptors (Lipinski definition) is 3. The molecule has 1 saturated carbocycles. The van der Waals surface area contributed by atoms with Gasteiger partial charge in [0.2, 0.25) is 0 Å². The van der Waals surface area contributed by atoms with Crippen LogP contribution in [-0.2, 0) is 6.54 Å². The summed E-state index contributed by atoms with van der Waals surface area (Å²) in [6, 6.07) is 3.85. The van der Waals surface area contributed by atoms with Crippen LogP contribution in [0.3, 0.4) is 0 Å². The fourth-order valence-electron chi connectivity index (χ4n) is 2.41. The summed E-state index contributed by atoms with van der Waals surface area (Å²) in [4.78, 5) is 0. The van der Waals surface area contributed by atoms with Crippen LogP contribution in [0.1, 0.15) is 31.4 Å². The zero-order chi connectivity index (χ0) is 11.4. The maximum Gasteiger partial charge on any atom is 0.169 e. The Labute approximate surface area is 104 Å². The van der Waals surface area contributed by atoms with E-state index in [1.165, 1.54) is 12.8 Å². The summed E-state index contributed by atoms with van der Waals surface area (Å²) >= 11 is 3.28. The molecule has 0 atom stereocenters. The van der Waals surface area contributed by atoms with Crippen LogP contribution in [0.4, 0.5) is 0 Å². The summed E-state index contributed by atoms with van der Waals surface area (Å²) < 4.78 is 6.17. The van der Waals surface area contributed by atoms with Gasteiger partial charge in [0.15, 0.2) is 4.67 Å². The summed E-state index contributed by atoms with van der Waals surface area (Å²) in [5.74, 6) is 0.929. The zero-order valence-electron chi connectivity index (χ0n) is 9.34. The van der Waals surface area contributed by atoms with Crippen molar-refractivity contribution in [1.82, 2.24) is 5.32 Å². The Morgan fingerprint density at radius 3 is 2.69 bits per heavy atom. The highest BCUT2D eigenvalue weighted by Crippen LogP contribution is 2.36. The van der Waals surface area contributed by atoms with Gasteiger partial charge in [-0.1, -0.05) is 12.8 Å². The first-order valence-corrected chi connectivity index (χ1v) is 6.59. The molecule has 0 unspecified atom stereocenters. The molecule has 1 heterocycles. The highest BCUT2D eigenvalue weighted by molar-refractivity contribution is 9.10. The first-order valence-electron chi connectivity index (χ1n) is 5.80. The molecule has 1 aromatic heterocycles. The lowest BCUT2D eigenvalue weighted by Gasteiger charge is -2.26. The van der Waals surface area contributed by atoms with Gasteiger partial charge in [-0.25, -0.2) is 0 Å². The molecule has 0 spiro atoms. The van der Waals surface area contributed by atoms with Crippen molar-refractivity contribution >= 4 is 15.9 Å². The van der Waals surface area contributed by atoms with Crippen LogP contribution in [0.2, 0.25) is 0 Å². The maximum atomic E-state index is 9.45. The molecule has 3 nitrogen and oxygen atoms in total. The molecule has 16 heavy (non-hydrogen) atoms. The van der Waals surface area contributed by atoms with Crippen molar-refractivity contribution in [2.24, 2.45) is 5.41 Å². The molecule has 0 aliphatic heterocycles. The minimum Gasteiger partial charge on any atom is -0.453 e. The molecule has 0 radical (unpaired) electrons. The molecule has 0 bridgehead atoms. The van der Waals surface area contributed by atoms with Crippen molar-refractivity contribution in [1.29, 1.82) is 0 Å². The average molecular weight is 288 g/mol. The molecule has 2 N–H and O–H groups in total. The van der Waals surface area contributed by atoms with E-state index >= 15 is 0 Å². The average Bonchev–Trinajstić information content (AvgIpc) is 2.89. The summed E-state index contributed by atoms with van der Waals surface area (Å²) in [5.41, 5.74) is 0.115. The first-order chi connectivity index (χ1) is 7.74. The van der Waals surface area contributed by atoms with Gasteiger partial charge in [0.05, 0.1) is 6.54 Å². The first kappa shape index (κ1) is 12.1. The monoisotopic (exact) mass is 287 g/mol. The quantitative estimate of drug-likeness (QED) is 0.875. The predicted molar refractivity (Wildman–Crippen MR) is 66.1 cm³/mol. The number of nitrogens with one attached hydrogen (secondary N) is 1. The lowest BCUT2D eigenvalue weighted by molar-refractivity contribution is 0.127. The van der Waals surface area contributed by atoms with Crippen molar-refractivity contribution in [2.75, 3.05) is 13.2 Å². The number of halogens is 1. The third kappa shape index (κ3) is 2.87. The number of hydrogen-bond donors (Lipinski definition) is 2. The van der Waals surface area contributed by atoms with Gasteiger partial charge < -0.3 is 14.8 Å². The van der Waals surface area contributed by atoms with Crippen LogP contribution in [0, 0.1) is 5.41 Å². The second kappa shape index (κ2) is 5.34. The zero-order valence-corrected chi connectivity index (χ0v) is 10.9. The van der Waals surface area contributed by atoms with Gasteiger partial charge in [-0.2, -0.15) is 0 Å². The van der Waals surface area contributed by atoms with E-state index < -0.39 is 0 Å². The Hall–Kier alpha value is -0.320. The van der Waals surface area contributed by atoms with E-state index in [1.54, 1.807) is 0 Å². The molecule has 1 aliphatic carbocycles. The third-order valence-electron chi connectivity index (χ3n) is 3.43. The van der Waals surface area contributed by atoms with Gasteiger partial charge in [0.1, 0.15) is 5.76 Å². The normalized spacial score (nSPS) is 19.1. The van der Waals surface area contributed by atoms with E-state index in [2.05, 4.69) is 21.2 Å². The number of aliphatic hydroxyl groups excluding tert-OH is 1. The van der Waals surface area contributed by atoms with Crippen LogP contribution >= 0.6 is 15.9 Å². The molecule has 90 valence electrons. The smallest absolute Gasteiger partial charge is 0.169 e. The van der Waals surface area contributed by atoms with E-state index in [0.717, 1.165) is 36.4 Å². The Morgan fingerprint density at radius 1 is 1.38 bits per heavy atom. The second-order valence-corrected chi connectivity index (χ2v) is 5.46. The number of rotatable bonds is 5. The molecule has 1 aromatic rings. The molecule has 0 aromatic carbocycles. The molecular weight excluding hydrogens is 270 g/mol. The number of furan rings is 1. The van der Waals surface area contributed by atoms with Gasteiger partial charge in [-0.3, -0.25) is 0 Å². The molecule has 1 fully saturated rings. The Bertz CT molecular complexity index is 332. The highest BCUT2D eigenvalue weighted by Gasteiger charge is 2.32. The van der Waals surface area contributed by atoms with Crippen LogP contribution in [0.5, 0.6) is 0 Å². The fourth-order valence-corrected chi connectivity index (χ4v) is 2.75. The van der Waals surface area contributed by atoms with Gasteiger partial charge in [0, 0.05) is 18.6 Å². The highest BCUT2D eigenvalue weighted by atomic mass is 79.9. The van der Waals surface area contributed by atoms with E-state index in [4.69, 9.17) is 4.42 Å². The maximum absolute atomic E-state index is 9.45. The van der Waals surface area contributed by atoms with Crippen molar-refractivity contribution in [3.63, 3.8) is 0 Å². The van der Waals surface area contributed by atoms with Gasteiger partial charge in [-0.05, 0) is 40.9 Å². The van der Waals surface area contributed by atoms with Gasteiger partial charge >= 0.3 is 0 Å². The van der Waals surface area contributed by atoms with Crippen molar-refractivity contribution < 1.29 is 9.52 Å². The Balaban J connectivity index is 1.78. The van der Waals surface area contributed by atoms with Crippen molar-refractivity contribution in [2.45, 2.75) is 32.2 Å². The minimum atomic E-state index is 0.115. The number of aliphatic hydroxyl groups is 1. The Kier molecular flexibility index (Phi) is 4.05. The predicted octanol–water partition coefficient (Wildman–Crippen LogP) is 2.68. The molecule has 0 amide bonds. The summed E-state index contributed by atoms with van der Waals surface area (Å²) in [6.07, 6.45) is 4.76. The Morgan fingerprint density at radius 2 is 2.12 bits per heavy atom. The van der Waals surface area contributed by atoms with E-state index in [-0.39, 0.29) is 5.41 Å². The van der Waals surface area contributed by atoms with Crippen LogP contribution in [0.15, 0.2) is 21.2 Å². The minimum absolute atomic E-state index is 0.115. The largest absolute Gasteiger partial charge is 0.453 e. The fraction of sp³-hybridized carbons (Fsp3) is 0.667. The van der Waals surface area contributed by atoms with E-state index in [9.17, 15) is 5.11 Å². The second-order valence-electron chi connectivity index (χ2n) is 4.67. The molecule has 1 aliphatic rings. The third-order valence-corrected chi connectivity index (χ3v) is 3.85. The van der Waals surface area contributed by atoms with Crippen molar-refractivity contribution in [3.05, 3.63) is 22.6 Å². The molecule has 2 rings (SSSR count). The summed E-state index contributed by atoms with van der Waals surface area (Å²) in [6.45, 7) is 1.90. The van der Waals surface area contributed by atoms with Crippen molar-refractivity contribution in [3.8, 4) is 0 Å². The van der Waals surface area contributed by atoms with Crippen LogP contribution < -0.4 is 5.32 Å². The molecule has 4 heteroatoms. The van der Waals surface area contributed by atoms with E-state index in [1.807, 2.05) is 12.1 Å². The molecular formula is C12H18BrNO2. The SMILES string of the molecule is OCC1(CNCc2ccc(Br)o2)CCCC1.